The summed E-state index contributed by atoms with van der Waals surface area (Å²) in [5.74, 6) is 2.35. The molecule has 0 bridgehead atoms. The number of aromatic nitrogens is 4. The zero-order valence-corrected chi connectivity index (χ0v) is 41.8. The van der Waals surface area contributed by atoms with Gasteiger partial charge in [0.2, 0.25) is 0 Å². The van der Waals surface area contributed by atoms with E-state index < -0.39 is 0 Å². The Bertz CT molecular complexity index is 3220. The molecule has 5 nitrogen and oxygen atoms in total. The number of fused-ring (bicyclic) bond motifs is 3. The van der Waals surface area contributed by atoms with Crippen LogP contribution in [-0.4, -0.2) is 14.1 Å². The van der Waals surface area contributed by atoms with Gasteiger partial charge in [0.25, 0.3) is 6.33 Å². The maximum Gasteiger partial charge on any atom is 0.269 e. The summed E-state index contributed by atoms with van der Waals surface area (Å²) in [6, 6.07) is 54.7. The van der Waals surface area contributed by atoms with E-state index >= 15 is 0 Å². The zero-order valence-electron chi connectivity index (χ0n) is 41.8. The average molecular weight is 883 g/mol. The number of nitrogens with zero attached hydrogens (tertiary/aromatic N) is 4. The molecule has 0 fully saturated rings. The Labute approximate surface area is 398 Å². The smallest absolute Gasteiger partial charge is 0.269 e. The summed E-state index contributed by atoms with van der Waals surface area (Å²) >= 11 is 0. The monoisotopic (exact) mass is 883 g/mol. The van der Waals surface area contributed by atoms with Gasteiger partial charge in [0.05, 0.1) is 28.1 Å². The molecule has 0 saturated heterocycles. The molecule has 0 aliphatic carbocycles. The lowest BCUT2D eigenvalue weighted by molar-refractivity contribution is -0.611. The Morgan fingerprint density at radius 2 is 1.01 bits per heavy atom. The van der Waals surface area contributed by atoms with Crippen LogP contribution in [0.3, 0.4) is 0 Å². The fourth-order valence-electron chi connectivity index (χ4n) is 9.34. The van der Waals surface area contributed by atoms with Crippen LogP contribution in [0, 0.1) is 6.33 Å². The number of ether oxygens (including phenoxy) is 1. The SMILES string of the molecule is CC(C)(C)c1cc(-[n+]2[c-]n(-c3cccc(Oc4ccc5c6ccc(C(C)(C)c7ccccc7)cc6n(-c6cc(C(C)(C)c7ccccc7)ccn6)c5c4)c3)cc2C(C)(C)C)cc(C(C)(C)C)c1. The van der Waals surface area contributed by atoms with Crippen LogP contribution >= 0.6 is 0 Å². The van der Waals surface area contributed by atoms with Gasteiger partial charge < -0.3 is 4.74 Å². The van der Waals surface area contributed by atoms with Gasteiger partial charge in [-0.1, -0.05) is 175 Å². The molecule has 67 heavy (non-hydrogen) atoms. The minimum atomic E-state index is -0.243. The fraction of sp³-hybridized carbons (Fsp3) is 0.290. The largest absolute Gasteiger partial charge is 0.458 e. The first-order valence-corrected chi connectivity index (χ1v) is 23.8. The summed E-state index contributed by atoms with van der Waals surface area (Å²) < 4.78 is 13.5. The molecule has 0 unspecified atom stereocenters. The average Bonchev–Trinajstić information content (AvgIpc) is 3.90. The third-order valence-corrected chi connectivity index (χ3v) is 13.9. The highest BCUT2D eigenvalue weighted by Gasteiger charge is 2.29. The van der Waals surface area contributed by atoms with Crippen LogP contribution in [0.4, 0.5) is 0 Å². The molecular weight excluding hydrogens is 817 g/mol. The maximum absolute atomic E-state index is 6.83. The molecule has 9 rings (SSSR count). The van der Waals surface area contributed by atoms with Gasteiger partial charge in [-0.15, -0.1) is 0 Å². The molecule has 0 aliphatic rings. The summed E-state index contributed by atoms with van der Waals surface area (Å²) in [6.07, 6.45) is 7.93. The number of benzene rings is 6. The van der Waals surface area contributed by atoms with Crippen LogP contribution in [0.5, 0.6) is 11.5 Å². The molecule has 340 valence electrons. The summed E-state index contributed by atoms with van der Waals surface area (Å²) in [5, 5.41) is 2.31. The van der Waals surface area contributed by atoms with E-state index in [0.29, 0.717) is 0 Å². The molecule has 5 heteroatoms. The highest BCUT2D eigenvalue weighted by molar-refractivity contribution is 6.09. The highest BCUT2D eigenvalue weighted by Crippen LogP contribution is 2.41. The van der Waals surface area contributed by atoms with Crippen LogP contribution in [0.2, 0.25) is 0 Å². The molecule has 3 heterocycles. The van der Waals surface area contributed by atoms with Crippen LogP contribution in [0.25, 0.3) is 39.0 Å². The van der Waals surface area contributed by atoms with E-state index in [2.05, 4.69) is 262 Å². The third kappa shape index (κ3) is 8.73. The standard InChI is InChI=1S/C62H66N4O/c1-58(2,3)46-33-47(59(4,5)6)35-49(34-46)65-41-64(40-56(65)60(7,8)9)48-25-20-26-50(38-48)67-51-28-30-53-52-29-27-44(61(10,11)42-21-16-14-17-22-42)36-54(52)66(55(53)39-51)57-37-45(31-32-63-57)62(12,13)43-23-18-15-19-24-43/h14-40H,1-13H3. The van der Waals surface area contributed by atoms with E-state index in [-0.39, 0.29) is 27.1 Å². The van der Waals surface area contributed by atoms with E-state index in [1.165, 1.54) is 44.5 Å². The quantitative estimate of drug-likeness (QED) is 0.107. The second-order valence-electron chi connectivity index (χ2n) is 22.6. The van der Waals surface area contributed by atoms with Gasteiger partial charge in [0.15, 0.2) is 0 Å². The number of imidazole rings is 1. The maximum atomic E-state index is 6.83. The zero-order chi connectivity index (χ0) is 47.7. The Kier molecular flexibility index (Phi) is 11.2. The minimum Gasteiger partial charge on any atom is -0.458 e. The predicted molar refractivity (Wildman–Crippen MR) is 278 cm³/mol. The first-order chi connectivity index (χ1) is 31.6. The van der Waals surface area contributed by atoms with Gasteiger partial charge in [-0.05, 0) is 110 Å². The second kappa shape index (κ2) is 16.6. The van der Waals surface area contributed by atoms with E-state index in [1.54, 1.807) is 0 Å². The van der Waals surface area contributed by atoms with Crippen molar-refractivity contribution in [3.63, 3.8) is 0 Å². The molecule has 0 spiro atoms. The molecule has 0 radical (unpaired) electrons. The van der Waals surface area contributed by atoms with E-state index in [1.807, 2.05) is 12.3 Å². The molecule has 6 aromatic carbocycles. The third-order valence-electron chi connectivity index (χ3n) is 13.9. The predicted octanol–water partition coefficient (Wildman–Crippen LogP) is 15.4. The summed E-state index contributed by atoms with van der Waals surface area (Å²) in [6.45, 7) is 29.7. The van der Waals surface area contributed by atoms with Gasteiger partial charge >= 0.3 is 0 Å². The molecule has 0 amide bonds. The molecule has 0 atom stereocenters. The minimum absolute atomic E-state index is 0.00780. The normalized spacial score (nSPS) is 12.9. The molecule has 3 aromatic heterocycles. The lowest BCUT2D eigenvalue weighted by Gasteiger charge is -2.27. The second-order valence-corrected chi connectivity index (χ2v) is 22.6. The lowest BCUT2D eigenvalue weighted by atomic mass is 9.78. The van der Waals surface area contributed by atoms with Crippen molar-refractivity contribution >= 4 is 21.8 Å². The number of hydrogen-bond acceptors (Lipinski definition) is 2. The van der Waals surface area contributed by atoms with Crippen molar-refractivity contribution in [3.05, 3.63) is 209 Å². The molecule has 0 aliphatic heterocycles. The van der Waals surface area contributed by atoms with Crippen LogP contribution < -0.4 is 9.30 Å². The fourth-order valence-corrected chi connectivity index (χ4v) is 9.34. The molecule has 0 N–H and O–H groups in total. The van der Waals surface area contributed by atoms with Crippen molar-refractivity contribution in [2.45, 2.75) is 117 Å². The summed E-state index contributed by atoms with van der Waals surface area (Å²) in [7, 11) is 0. The first kappa shape index (κ1) is 45.4. The van der Waals surface area contributed by atoms with Gasteiger partial charge in [-0.2, -0.15) is 0 Å². The van der Waals surface area contributed by atoms with Crippen molar-refractivity contribution in [2.75, 3.05) is 0 Å². The molecule has 0 saturated carbocycles. The number of pyridine rings is 1. The highest BCUT2D eigenvalue weighted by atomic mass is 16.5. The van der Waals surface area contributed by atoms with Crippen LogP contribution in [-0.2, 0) is 27.1 Å². The van der Waals surface area contributed by atoms with E-state index in [0.717, 1.165) is 45.1 Å². The Balaban J connectivity index is 1.15. The molecular formula is C62H66N4O. The van der Waals surface area contributed by atoms with Crippen molar-refractivity contribution in [1.29, 1.82) is 0 Å². The molecule has 9 aromatic rings. The number of hydrogen-bond donors (Lipinski definition) is 0. The van der Waals surface area contributed by atoms with E-state index in [9.17, 15) is 0 Å². The van der Waals surface area contributed by atoms with Gasteiger partial charge in [-0.25, -0.2) is 4.98 Å². The first-order valence-electron chi connectivity index (χ1n) is 23.8. The number of rotatable bonds is 9. The van der Waals surface area contributed by atoms with Gasteiger partial charge in [-0.3, -0.25) is 13.7 Å². The van der Waals surface area contributed by atoms with Crippen molar-refractivity contribution in [2.24, 2.45) is 0 Å². The Hall–Kier alpha value is -6.72. The van der Waals surface area contributed by atoms with Crippen LogP contribution in [0.15, 0.2) is 164 Å². The lowest BCUT2D eigenvalue weighted by Crippen LogP contribution is -2.39. The van der Waals surface area contributed by atoms with E-state index in [4.69, 9.17) is 9.72 Å². The van der Waals surface area contributed by atoms with Crippen molar-refractivity contribution < 1.29 is 9.30 Å². The van der Waals surface area contributed by atoms with Gasteiger partial charge in [0, 0.05) is 40.1 Å². The summed E-state index contributed by atoms with van der Waals surface area (Å²) in [4.78, 5) is 5.09. The Morgan fingerprint density at radius 3 is 1.60 bits per heavy atom. The van der Waals surface area contributed by atoms with Crippen molar-refractivity contribution in [1.82, 2.24) is 14.1 Å². The Morgan fingerprint density at radius 1 is 0.463 bits per heavy atom. The topological polar surface area (TPSA) is 35.9 Å². The van der Waals surface area contributed by atoms with Gasteiger partial charge in [0.1, 0.15) is 17.3 Å². The van der Waals surface area contributed by atoms with Crippen LogP contribution in [0.1, 0.15) is 129 Å². The van der Waals surface area contributed by atoms with Crippen molar-refractivity contribution in [3.8, 4) is 28.7 Å². The summed E-state index contributed by atoms with van der Waals surface area (Å²) in [5.41, 5.74) is 12.3.